The first-order valence-corrected chi connectivity index (χ1v) is 6.75. The number of likely N-dealkylation sites (N-methyl/N-ethyl adjacent to an activating group) is 1. The van der Waals surface area contributed by atoms with Crippen LogP contribution in [0.1, 0.15) is 31.7 Å². The summed E-state index contributed by atoms with van der Waals surface area (Å²) in [5, 5.41) is 12.1. The van der Waals surface area contributed by atoms with Gasteiger partial charge in [-0.1, -0.05) is 0 Å². The normalized spacial score (nSPS) is 26.4. The van der Waals surface area contributed by atoms with Crippen LogP contribution < -0.4 is 16.7 Å². The average Bonchev–Trinajstić information content (AvgIpc) is 2.38. The number of carbonyl (C=O) groups is 1. The largest absolute Gasteiger partial charge is 0.481 e. The van der Waals surface area contributed by atoms with Gasteiger partial charge in [-0.2, -0.15) is 4.98 Å². The fourth-order valence-corrected chi connectivity index (χ4v) is 3.00. The molecule has 20 heavy (non-hydrogen) atoms. The van der Waals surface area contributed by atoms with E-state index >= 15 is 0 Å². The number of aromatic nitrogens is 2. The van der Waals surface area contributed by atoms with Gasteiger partial charge in [-0.3, -0.25) is 9.36 Å². The Hall–Kier alpha value is -1.89. The molecule has 4 N–H and O–H groups in total. The second-order valence-electron chi connectivity index (χ2n) is 5.28. The first-order chi connectivity index (χ1) is 9.51. The summed E-state index contributed by atoms with van der Waals surface area (Å²) in [6, 6.07) is 1.67. The average molecular weight is 280 g/mol. The van der Waals surface area contributed by atoms with Gasteiger partial charge in [0.05, 0.1) is 6.04 Å². The fraction of sp³-hybridized carbons (Fsp3) is 0.615. The molecule has 0 bridgehead atoms. The summed E-state index contributed by atoms with van der Waals surface area (Å²) in [4.78, 5) is 26.5. The molecule has 1 aromatic heterocycles. The zero-order valence-electron chi connectivity index (χ0n) is 11.5. The van der Waals surface area contributed by atoms with Crippen molar-refractivity contribution < 1.29 is 9.90 Å². The van der Waals surface area contributed by atoms with Gasteiger partial charge in [-0.25, -0.2) is 4.79 Å². The Morgan fingerprint density at radius 1 is 1.60 bits per heavy atom. The van der Waals surface area contributed by atoms with Crippen molar-refractivity contribution in [3.05, 3.63) is 22.7 Å². The standard InChI is InChI=1S/C13H20N4O3/c1-15-9-6-8(7-12(18)19)2-3-10(9)17-5-4-11(14)16-13(17)20/h4-5,8-10,15H,2-3,6-7H2,1H3,(H,18,19)(H2,14,16,20)/t8-,9+,10-/m1/s1. The minimum Gasteiger partial charge on any atom is -0.481 e. The number of nitrogens with two attached hydrogens (primary N) is 1. The molecule has 3 atom stereocenters. The van der Waals surface area contributed by atoms with Crippen molar-refractivity contribution in [3.8, 4) is 0 Å². The summed E-state index contributed by atoms with van der Waals surface area (Å²) >= 11 is 0. The van der Waals surface area contributed by atoms with Gasteiger partial charge < -0.3 is 16.2 Å². The summed E-state index contributed by atoms with van der Waals surface area (Å²) < 4.78 is 1.59. The lowest BCUT2D eigenvalue weighted by Gasteiger charge is -2.36. The maximum Gasteiger partial charge on any atom is 0.349 e. The van der Waals surface area contributed by atoms with E-state index in [4.69, 9.17) is 10.8 Å². The van der Waals surface area contributed by atoms with E-state index in [1.165, 1.54) is 0 Å². The van der Waals surface area contributed by atoms with Gasteiger partial charge in [-0.05, 0) is 38.3 Å². The summed E-state index contributed by atoms with van der Waals surface area (Å²) in [5.74, 6) is -0.403. The first-order valence-electron chi connectivity index (χ1n) is 6.75. The van der Waals surface area contributed by atoms with Crippen LogP contribution in [0, 0.1) is 5.92 Å². The number of nitrogens with one attached hydrogen (secondary N) is 1. The molecule has 0 unspecified atom stereocenters. The zero-order valence-corrected chi connectivity index (χ0v) is 11.5. The highest BCUT2D eigenvalue weighted by Gasteiger charge is 2.32. The maximum atomic E-state index is 11.9. The minimum absolute atomic E-state index is 0.00866. The number of nitrogens with zero attached hydrogens (tertiary/aromatic N) is 2. The smallest absolute Gasteiger partial charge is 0.349 e. The van der Waals surface area contributed by atoms with Crippen LogP contribution in [0.3, 0.4) is 0 Å². The molecule has 7 heteroatoms. The first kappa shape index (κ1) is 14.5. The number of carboxylic acids is 1. The molecule has 1 aromatic rings. The van der Waals surface area contributed by atoms with Crippen molar-refractivity contribution in [2.24, 2.45) is 5.92 Å². The monoisotopic (exact) mass is 280 g/mol. The number of hydrogen-bond donors (Lipinski definition) is 3. The van der Waals surface area contributed by atoms with Crippen LogP contribution in [0.2, 0.25) is 0 Å². The SMILES string of the molecule is CN[C@H]1C[C@H](CC(=O)O)CC[C@H]1n1ccc(N)nc1=O. The molecule has 110 valence electrons. The molecule has 2 rings (SSSR count). The van der Waals surface area contributed by atoms with Crippen LogP contribution in [0.5, 0.6) is 0 Å². The van der Waals surface area contributed by atoms with Gasteiger partial charge >= 0.3 is 11.7 Å². The Morgan fingerprint density at radius 2 is 2.35 bits per heavy atom. The van der Waals surface area contributed by atoms with E-state index in [0.717, 1.165) is 19.3 Å². The third-order valence-electron chi connectivity index (χ3n) is 3.97. The van der Waals surface area contributed by atoms with Crippen molar-refractivity contribution in [1.29, 1.82) is 0 Å². The molecular formula is C13H20N4O3. The molecule has 7 nitrogen and oxygen atoms in total. The molecule has 1 aliphatic rings. The number of rotatable bonds is 4. The molecule has 0 aromatic carbocycles. The van der Waals surface area contributed by atoms with Gasteiger partial charge in [0, 0.05) is 18.7 Å². The predicted octanol–water partition coefficient (Wildman–Crippen LogP) is 0.229. The summed E-state index contributed by atoms with van der Waals surface area (Å²) in [7, 11) is 1.83. The van der Waals surface area contributed by atoms with Crippen LogP contribution in [0.15, 0.2) is 17.1 Å². The molecule has 0 aliphatic heterocycles. The lowest BCUT2D eigenvalue weighted by atomic mass is 9.80. The topological polar surface area (TPSA) is 110 Å². The Morgan fingerprint density at radius 3 is 2.95 bits per heavy atom. The van der Waals surface area contributed by atoms with Gasteiger partial charge in [-0.15, -0.1) is 0 Å². The van der Waals surface area contributed by atoms with E-state index in [9.17, 15) is 9.59 Å². The third kappa shape index (κ3) is 3.16. The van der Waals surface area contributed by atoms with Crippen molar-refractivity contribution >= 4 is 11.8 Å². The van der Waals surface area contributed by atoms with Crippen molar-refractivity contribution in [2.75, 3.05) is 12.8 Å². The van der Waals surface area contributed by atoms with Gasteiger partial charge in [0.2, 0.25) is 0 Å². The summed E-state index contributed by atoms with van der Waals surface area (Å²) in [5.41, 5.74) is 5.14. The minimum atomic E-state index is -0.769. The second kappa shape index (κ2) is 6.04. The molecule has 1 fully saturated rings. The number of aliphatic carboxylic acids is 1. The van der Waals surface area contributed by atoms with E-state index in [1.54, 1.807) is 16.8 Å². The van der Waals surface area contributed by atoms with Crippen molar-refractivity contribution in [3.63, 3.8) is 0 Å². The van der Waals surface area contributed by atoms with E-state index in [0.29, 0.717) is 0 Å². The maximum absolute atomic E-state index is 11.9. The molecule has 1 heterocycles. The van der Waals surface area contributed by atoms with E-state index in [2.05, 4.69) is 10.3 Å². The molecule has 0 saturated heterocycles. The molecule has 0 amide bonds. The predicted molar refractivity (Wildman–Crippen MR) is 74.4 cm³/mol. The molecule has 1 aliphatic carbocycles. The molecule has 1 saturated carbocycles. The molecule has 0 radical (unpaired) electrons. The Labute approximate surface area is 116 Å². The van der Waals surface area contributed by atoms with Gasteiger partial charge in [0.25, 0.3) is 0 Å². The van der Waals surface area contributed by atoms with Crippen LogP contribution in [-0.2, 0) is 4.79 Å². The van der Waals surface area contributed by atoms with Crippen LogP contribution >= 0.6 is 0 Å². The highest BCUT2D eigenvalue weighted by Crippen LogP contribution is 2.33. The number of carboxylic acid groups (broad SMARTS) is 1. The van der Waals surface area contributed by atoms with Crippen LogP contribution in [0.25, 0.3) is 0 Å². The van der Waals surface area contributed by atoms with Crippen LogP contribution in [-0.4, -0.2) is 33.7 Å². The number of hydrogen-bond acceptors (Lipinski definition) is 5. The lowest BCUT2D eigenvalue weighted by Crippen LogP contribution is -2.44. The lowest BCUT2D eigenvalue weighted by molar-refractivity contribution is -0.138. The van der Waals surface area contributed by atoms with Crippen molar-refractivity contribution in [1.82, 2.24) is 14.9 Å². The third-order valence-corrected chi connectivity index (χ3v) is 3.97. The van der Waals surface area contributed by atoms with E-state index in [1.807, 2.05) is 7.05 Å². The Kier molecular flexibility index (Phi) is 4.39. The van der Waals surface area contributed by atoms with Crippen LogP contribution in [0.4, 0.5) is 5.82 Å². The zero-order chi connectivity index (χ0) is 14.7. The highest BCUT2D eigenvalue weighted by atomic mass is 16.4. The number of nitrogen functional groups attached to an aromatic ring is 1. The second-order valence-corrected chi connectivity index (χ2v) is 5.28. The van der Waals surface area contributed by atoms with E-state index in [-0.39, 0.29) is 35.9 Å². The quantitative estimate of drug-likeness (QED) is 0.728. The number of anilines is 1. The Balaban J connectivity index is 2.16. The molecular weight excluding hydrogens is 260 g/mol. The molecule has 0 spiro atoms. The highest BCUT2D eigenvalue weighted by molar-refractivity contribution is 5.67. The van der Waals surface area contributed by atoms with Crippen molar-refractivity contribution in [2.45, 2.75) is 37.8 Å². The van der Waals surface area contributed by atoms with Gasteiger partial charge in [0.1, 0.15) is 5.82 Å². The summed E-state index contributed by atoms with van der Waals surface area (Å²) in [6.07, 6.45) is 4.14. The summed E-state index contributed by atoms with van der Waals surface area (Å²) in [6.45, 7) is 0. The van der Waals surface area contributed by atoms with Gasteiger partial charge in [0.15, 0.2) is 0 Å². The fourth-order valence-electron chi connectivity index (χ4n) is 3.00. The van der Waals surface area contributed by atoms with E-state index < -0.39 is 5.97 Å². The Bertz CT molecular complexity index is 543.